The van der Waals surface area contributed by atoms with Crippen molar-refractivity contribution in [3.05, 3.63) is 29.1 Å². The second-order valence-electron chi connectivity index (χ2n) is 4.04. The molecule has 6 heteroatoms. The summed E-state index contributed by atoms with van der Waals surface area (Å²) in [5.41, 5.74) is 5.05. The summed E-state index contributed by atoms with van der Waals surface area (Å²) in [6.07, 6.45) is -2.42. The molecule has 88 valence electrons. The lowest BCUT2D eigenvalue weighted by atomic mass is 9.95. The Labute approximate surface area is 90.1 Å². The van der Waals surface area contributed by atoms with E-state index < -0.39 is 17.4 Å². The molecule has 1 aromatic heterocycles. The van der Waals surface area contributed by atoms with Crippen LogP contribution in [0.3, 0.4) is 0 Å². The molecule has 1 aromatic rings. The third kappa shape index (κ3) is 1.68. The van der Waals surface area contributed by atoms with Crippen LogP contribution in [0.15, 0.2) is 12.3 Å². The summed E-state index contributed by atoms with van der Waals surface area (Å²) in [5, 5.41) is 9.13. The monoisotopic (exact) mass is 232 g/mol. The summed E-state index contributed by atoms with van der Waals surface area (Å²) in [6.45, 7) is -0.285. The smallest absolute Gasteiger partial charge is 0.394 e. The molecule has 0 saturated carbocycles. The van der Waals surface area contributed by atoms with Gasteiger partial charge in [-0.15, -0.1) is 0 Å². The molecule has 0 fully saturated rings. The van der Waals surface area contributed by atoms with E-state index in [4.69, 9.17) is 10.8 Å². The van der Waals surface area contributed by atoms with Crippen molar-refractivity contribution in [1.82, 2.24) is 4.98 Å². The summed E-state index contributed by atoms with van der Waals surface area (Å²) >= 11 is 0. The Morgan fingerprint density at radius 1 is 1.50 bits per heavy atom. The third-order valence-corrected chi connectivity index (χ3v) is 2.94. The van der Waals surface area contributed by atoms with Gasteiger partial charge in [0.05, 0.1) is 12.1 Å². The van der Waals surface area contributed by atoms with Gasteiger partial charge in [-0.25, -0.2) is 0 Å². The van der Waals surface area contributed by atoms with Gasteiger partial charge in [-0.2, -0.15) is 13.2 Å². The minimum Gasteiger partial charge on any atom is -0.394 e. The number of hydrogen-bond donors (Lipinski definition) is 2. The first-order chi connectivity index (χ1) is 7.37. The molecule has 16 heavy (non-hydrogen) atoms. The average molecular weight is 232 g/mol. The minimum absolute atomic E-state index is 0.285. The Balaban J connectivity index is 2.45. The fraction of sp³-hybridized carbons (Fsp3) is 0.500. The normalized spacial score (nSPS) is 24.6. The first kappa shape index (κ1) is 11.3. The fourth-order valence-corrected chi connectivity index (χ4v) is 1.96. The molecule has 0 unspecified atom stereocenters. The van der Waals surface area contributed by atoms with Gasteiger partial charge in [-0.3, -0.25) is 4.98 Å². The second kappa shape index (κ2) is 3.43. The molecule has 3 N–H and O–H groups in total. The molecule has 0 bridgehead atoms. The van der Waals surface area contributed by atoms with E-state index in [1.54, 1.807) is 0 Å². The Hall–Kier alpha value is -1.14. The second-order valence-corrected chi connectivity index (χ2v) is 4.04. The molecule has 1 aliphatic rings. The summed E-state index contributed by atoms with van der Waals surface area (Å²) in [7, 11) is 0. The van der Waals surface area contributed by atoms with Crippen LogP contribution in [-0.4, -0.2) is 16.7 Å². The van der Waals surface area contributed by atoms with E-state index in [1.165, 1.54) is 0 Å². The quantitative estimate of drug-likeness (QED) is 0.764. The Bertz CT molecular complexity index is 419. The predicted molar refractivity (Wildman–Crippen MR) is 50.5 cm³/mol. The van der Waals surface area contributed by atoms with Crippen LogP contribution in [0.4, 0.5) is 13.2 Å². The summed E-state index contributed by atoms with van der Waals surface area (Å²) in [6, 6.07) is 1.01. The lowest BCUT2D eigenvalue weighted by molar-refractivity contribution is -0.141. The maximum Gasteiger partial charge on any atom is 0.433 e. The van der Waals surface area contributed by atoms with Crippen molar-refractivity contribution in [1.29, 1.82) is 0 Å². The van der Waals surface area contributed by atoms with Gasteiger partial charge in [-0.05, 0) is 30.0 Å². The topological polar surface area (TPSA) is 59.1 Å². The Kier molecular flexibility index (Phi) is 2.43. The number of aromatic nitrogens is 1. The predicted octanol–water partition coefficient (Wildman–Crippen LogP) is 1.19. The van der Waals surface area contributed by atoms with Crippen LogP contribution >= 0.6 is 0 Å². The molecule has 0 amide bonds. The molecule has 0 aliphatic heterocycles. The van der Waals surface area contributed by atoms with Crippen LogP contribution in [0.2, 0.25) is 0 Å². The van der Waals surface area contributed by atoms with Crippen LogP contribution in [0.5, 0.6) is 0 Å². The van der Waals surface area contributed by atoms with Crippen molar-refractivity contribution < 1.29 is 18.3 Å². The van der Waals surface area contributed by atoms with Crippen LogP contribution in [0, 0.1) is 0 Å². The summed E-state index contributed by atoms with van der Waals surface area (Å²) in [5.74, 6) is 0. The maximum absolute atomic E-state index is 12.4. The fourth-order valence-electron chi connectivity index (χ4n) is 1.96. The lowest BCUT2D eigenvalue weighted by Crippen LogP contribution is -2.38. The maximum atomic E-state index is 12.4. The molecule has 1 atom stereocenters. The van der Waals surface area contributed by atoms with Gasteiger partial charge in [0.1, 0.15) is 5.69 Å². The molecule has 2 rings (SSSR count). The van der Waals surface area contributed by atoms with E-state index in [9.17, 15) is 13.2 Å². The van der Waals surface area contributed by atoms with E-state index in [1.807, 2.05) is 0 Å². The van der Waals surface area contributed by atoms with Crippen molar-refractivity contribution in [2.75, 3.05) is 6.61 Å². The first-order valence-electron chi connectivity index (χ1n) is 4.83. The van der Waals surface area contributed by atoms with Crippen LogP contribution in [-0.2, 0) is 18.1 Å². The zero-order valence-corrected chi connectivity index (χ0v) is 8.38. The number of halogens is 3. The molecule has 0 aromatic carbocycles. The number of pyridine rings is 1. The summed E-state index contributed by atoms with van der Waals surface area (Å²) < 4.78 is 37.2. The van der Waals surface area contributed by atoms with E-state index in [0.717, 1.165) is 12.3 Å². The van der Waals surface area contributed by atoms with Crippen molar-refractivity contribution in [3.63, 3.8) is 0 Å². The van der Waals surface area contributed by atoms with Crippen molar-refractivity contribution >= 4 is 0 Å². The van der Waals surface area contributed by atoms with E-state index >= 15 is 0 Å². The number of hydrogen-bond acceptors (Lipinski definition) is 3. The van der Waals surface area contributed by atoms with Crippen LogP contribution in [0.25, 0.3) is 0 Å². The molecule has 0 radical (unpaired) electrons. The zero-order chi connectivity index (χ0) is 12.0. The van der Waals surface area contributed by atoms with Crippen molar-refractivity contribution in [2.45, 2.75) is 24.6 Å². The minimum atomic E-state index is -4.44. The number of rotatable bonds is 1. The van der Waals surface area contributed by atoms with Gasteiger partial charge >= 0.3 is 6.18 Å². The molecule has 1 heterocycles. The number of nitrogens with zero attached hydrogens (tertiary/aromatic N) is 1. The highest BCUT2D eigenvalue weighted by atomic mass is 19.4. The van der Waals surface area contributed by atoms with E-state index in [0.29, 0.717) is 24.0 Å². The average Bonchev–Trinajstić information content (AvgIpc) is 2.56. The standard InChI is InChI=1S/C10H11F3N2O/c11-10(12,13)8-3-6-1-2-9(14,5-16)7(6)4-15-8/h3-4,16H,1-2,5,14H2/t9-/m0/s1. The lowest BCUT2D eigenvalue weighted by Gasteiger charge is -2.21. The number of alkyl halides is 3. The molecular weight excluding hydrogens is 221 g/mol. The number of nitrogens with two attached hydrogens (primary N) is 1. The molecular formula is C10H11F3N2O. The van der Waals surface area contributed by atoms with Crippen LogP contribution in [0.1, 0.15) is 23.2 Å². The van der Waals surface area contributed by atoms with Crippen molar-refractivity contribution in [3.8, 4) is 0 Å². The van der Waals surface area contributed by atoms with Gasteiger partial charge in [0.2, 0.25) is 0 Å². The van der Waals surface area contributed by atoms with Crippen molar-refractivity contribution in [2.24, 2.45) is 5.73 Å². The van der Waals surface area contributed by atoms with Gasteiger partial charge in [0.25, 0.3) is 0 Å². The van der Waals surface area contributed by atoms with Crippen LogP contribution < -0.4 is 5.73 Å². The number of aliphatic hydroxyl groups is 1. The number of aliphatic hydroxyl groups excluding tert-OH is 1. The molecule has 3 nitrogen and oxygen atoms in total. The first-order valence-corrected chi connectivity index (χ1v) is 4.83. The Morgan fingerprint density at radius 2 is 2.19 bits per heavy atom. The SMILES string of the molecule is N[C@]1(CO)CCc2cc(C(F)(F)F)ncc21. The Morgan fingerprint density at radius 3 is 2.75 bits per heavy atom. The molecule has 0 saturated heterocycles. The van der Waals surface area contributed by atoms with Gasteiger partial charge in [0.15, 0.2) is 0 Å². The molecule has 1 aliphatic carbocycles. The number of fused-ring (bicyclic) bond motifs is 1. The highest BCUT2D eigenvalue weighted by Gasteiger charge is 2.38. The largest absolute Gasteiger partial charge is 0.433 e. The van der Waals surface area contributed by atoms with E-state index in [-0.39, 0.29) is 6.61 Å². The van der Waals surface area contributed by atoms with Gasteiger partial charge in [-0.1, -0.05) is 0 Å². The molecule has 0 spiro atoms. The highest BCUT2D eigenvalue weighted by Crippen LogP contribution is 2.37. The van der Waals surface area contributed by atoms with Gasteiger partial charge < -0.3 is 10.8 Å². The van der Waals surface area contributed by atoms with E-state index in [2.05, 4.69) is 4.98 Å². The zero-order valence-electron chi connectivity index (χ0n) is 8.38. The number of aryl methyl sites for hydroxylation is 1. The summed E-state index contributed by atoms with van der Waals surface area (Å²) in [4.78, 5) is 3.35. The highest BCUT2D eigenvalue weighted by molar-refractivity contribution is 5.38. The third-order valence-electron chi connectivity index (χ3n) is 2.94. The van der Waals surface area contributed by atoms with Gasteiger partial charge in [0, 0.05) is 6.20 Å².